The fourth-order valence-corrected chi connectivity index (χ4v) is 4.23. The van der Waals surface area contributed by atoms with Crippen molar-refractivity contribution in [3.05, 3.63) is 65.7 Å². The molecule has 1 saturated heterocycles. The van der Waals surface area contributed by atoms with Crippen molar-refractivity contribution in [3.8, 4) is 0 Å². The fraction of sp³-hybridized carbons (Fsp3) is 0.391. The molecule has 2 aromatic carbocycles. The van der Waals surface area contributed by atoms with Crippen LogP contribution in [-0.4, -0.2) is 59.3 Å². The number of carbonyl (C=O) groups is 2. The Bertz CT molecular complexity index is 826. The minimum atomic E-state index is -0.270. The van der Waals surface area contributed by atoms with E-state index in [0.717, 1.165) is 29.9 Å². The normalized spacial score (nSPS) is 18.3. The van der Waals surface area contributed by atoms with Gasteiger partial charge in [0.1, 0.15) is 0 Å². The second kappa shape index (κ2) is 9.94. The van der Waals surface area contributed by atoms with Gasteiger partial charge in [0.2, 0.25) is 11.8 Å². The van der Waals surface area contributed by atoms with Crippen LogP contribution in [0.3, 0.4) is 0 Å². The van der Waals surface area contributed by atoms with Gasteiger partial charge in [0.05, 0.1) is 17.0 Å². The maximum absolute atomic E-state index is 13.2. The third kappa shape index (κ3) is 5.84. The molecule has 0 saturated carbocycles. The van der Waals surface area contributed by atoms with Gasteiger partial charge in [0.25, 0.3) is 0 Å². The Labute approximate surface area is 177 Å². The van der Waals surface area contributed by atoms with Crippen LogP contribution in [0.5, 0.6) is 0 Å². The Morgan fingerprint density at radius 2 is 1.79 bits per heavy atom. The molecule has 1 aliphatic rings. The molecule has 6 heteroatoms. The molecule has 2 atom stereocenters. The first-order chi connectivity index (χ1) is 13.9. The lowest BCUT2D eigenvalue weighted by Gasteiger charge is -2.41. The molecule has 2 aromatic rings. The fourth-order valence-electron chi connectivity index (χ4n) is 3.48. The zero-order valence-electron chi connectivity index (χ0n) is 17.3. The summed E-state index contributed by atoms with van der Waals surface area (Å²) in [4.78, 5) is 29.7. The van der Waals surface area contributed by atoms with Gasteiger partial charge < -0.3 is 15.1 Å². The number of nitrogens with zero attached hydrogens (tertiary/aromatic N) is 2. The molecule has 154 valence electrons. The summed E-state index contributed by atoms with van der Waals surface area (Å²) in [6.07, 6.45) is 0. The highest BCUT2D eigenvalue weighted by atomic mass is 32.2. The molecule has 0 bridgehead atoms. The topological polar surface area (TPSA) is 52.7 Å². The molecule has 5 nitrogen and oxygen atoms in total. The molecule has 1 N–H and O–H groups in total. The summed E-state index contributed by atoms with van der Waals surface area (Å²) < 4.78 is 0. The Morgan fingerprint density at radius 3 is 2.48 bits per heavy atom. The van der Waals surface area contributed by atoms with Gasteiger partial charge in [0, 0.05) is 25.3 Å². The van der Waals surface area contributed by atoms with Crippen molar-refractivity contribution in [2.24, 2.45) is 0 Å². The van der Waals surface area contributed by atoms with Crippen molar-refractivity contribution in [1.82, 2.24) is 9.80 Å². The number of hydrogen-bond donors (Lipinski definition) is 1. The van der Waals surface area contributed by atoms with E-state index in [2.05, 4.69) is 29.4 Å². The van der Waals surface area contributed by atoms with E-state index >= 15 is 0 Å². The number of hydrogen-bond acceptors (Lipinski definition) is 4. The van der Waals surface area contributed by atoms with Crippen molar-refractivity contribution in [2.75, 3.05) is 37.8 Å². The molecule has 0 radical (unpaired) electrons. The van der Waals surface area contributed by atoms with E-state index in [1.807, 2.05) is 61.2 Å². The van der Waals surface area contributed by atoms with E-state index < -0.39 is 0 Å². The molecule has 1 fully saturated rings. The maximum atomic E-state index is 13.2. The summed E-state index contributed by atoms with van der Waals surface area (Å²) in [6, 6.07) is 17.9. The van der Waals surface area contributed by atoms with Crippen LogP contribution in [0.15, 0.2) is 54.6 Å². The second-order valence-electron chi connectivity index (χ2n) is 7.59. The van der Waals surface area contributed by atoms with Gasteiger partial charge in [-0.2, -0.15) is 0 Å². The predicted octanol–water partition coefficient (Wildman–Crippen LogP) is 3.57. The van der Waals surface area contributed by atoms with Crippen molar-refractivity contribution < 1.29 is 9.59 Å². The Balaban J connectivity index is 1.57. The maximum Gasteiger partial charge on any atom is 0.236 e. The van der Waals surface area contributed by atoms with Crippen LogP contribution < -0.4 is 5.32 Å². The van der Waals surface area contributed by atoms with Gasteiger partial charge in [-0.1, -0.05) is 48.0 Å². The Morgan fingerprint density at radius 1 is 1.10 bits per heavy atom. The van der Waals surface area contributed by atoms with Crippen molar-refractivity contribution in [1.29, 1.82) is 0 Å². The zero-order valence-corrected chi connectivity index (χ0v) is 18.1. The third-order valence-electron chi connectivity index (χ3n) is 5.20. The number of piperazine rings is 1. The average molecular weight is 412 g/mol. The van der Waals surface area contributed by atoms with Gasteiger partial charge >= 0.3 is 0 Å². The van der Waals surface area contributed by atoms with Crippen molar-refractivity contribution >= 4 is 29.3 Å². The van der Waals surface area contributed by atoms with Gasteiger partial charge in [0.15, 0.2) is 0 Å². The SMILES string of the molecule is Cc1ccc(NC(=O)CSC(C)C(=O)N2CCN(C)CC2c2ccccc2)cc1. The summed E-state index contributed by atoms with van der Waals surface area (Å²) in [5.74, 6) is 0.265. The number of rotatable bonds is 6. The lowest BCUT2D eigenvalue weighted by Crippen LogP contribution is -2.51. The van der Waals surface area contributed by atoms with E-state index in [0.29, 0.717) is 6.54 Å². The van der Waals surface area contributed by atoms with Crippen LogP contribution in [0.4, 0.5) is 5.69 Å². The van der Waals surface area contributed by atoms with E-state index in [-0.39, 0.29) is 28.9 Å². The quantitative estimate of drug-likeness (QED) is 0.790. The highest BCUT2D eigenvalue weighted by Gasteiger charge is 2.32. The van der Waals surface area contributed by atoms with Crippen LogP contribution in [0.1, 0.15) is 24.1 Å². The lowest BCUT2D eigenvalue weighted by molar-refractivity contribution is -0.135. The largest absolute Gasteiger partial charge is 0.332 e. The molecule has 2 unspecified atom stereocenters. The number of aryl methyl sites for hydroxylation is 1. The smallest absolute Gasteiger partial charge is 0.236 e. The van der Waals surface area contributed by atoms with Crippen LogP contribution >= 0.6 is 11.8 Å². The minimum absolute atomic E-state index is 0.0480. The molecule has 0 aromatic heterocycles. The summed E-state index contributed by atoms with van der Waals surface area (Å²) in [5.41, 5.74) is 3.09. The van der Waals surface area contributed by atoms with Crippen molar-refractivity contribution in [2.45, 2.75) is 25.1 Å². The van der Waals surface area contributed by atoms with Crippen molar-refractivity contribution in [3.63, 3.8) is 0 Å². The first kappa shape index (κ1) is 21.4. The van der Waals surface area contributed by atoms with Crippen LogP contribution in [0.2, 0.25) is 0 Å². The highest BCUT2D eigenvalue weighted by Crippen LogP contribution is 2.27. The lowest BCUT2D eigenvalue weighted by atomic mass is 10.0. The molecule has 1 heterocycles. The van der Waals surface area contributed by atoms with Crippen LogP contribution in [0, 0.1) is 6.92 Å². The molecule has 3 rings (SSSR count). The van der Waals surface area contributed by atoms with Gasteiger partial charge in [-0.15, -0.1) is 11.8 Å². The molecule has 29 heavy (non-hydrogen) atoms. The predicted molar refractivity (Wildman–Crippen MR) is 120 cm³/mol. The van der Waals surface area contributed by atoms with E-state index in [1.165, 1.54) is 11.8 Å². The molecular formula is C23H29N3O2S. The first-order valence-electron chi connectivity index (χ1n) is 9.96. The van der Waals surface area contributed by atoms with Gasteiger partial charge in [-0.25, -0.2) is 0 Å². The Kier molecular flexibility index (Phi) is 7.34. The minimum Gasteiger partial charge on any atom is -0.332 e. The van der Waals surface area contributed by atoms with Gasteiger partial charge in [-0.05, 0) is 38.6 Å². The Hall–Kier alpha value is -2.31. The van der Waals surface area contributed by atoms with Gasteiger partial charge in [-0.3, -0.25) is 9.59 Å². The van der Waals surface area contributed by atoms with E-state index in [4.69, 9.17) is 0 Å². The standard InChI is InChI=1S/C23H29N3O2S/c1-17-9-11-20(12-10-17)24-22(27)16-29-18(2)23(28)26-14-13-25(3)15-21(26)19-7-5-4-6-8-19/h4-12,18,21H,13-16H2,1-3H3,(H,24,27). The van der Waals surface area contributed by atoms with E-state index in [9.17, 15) is 9.59 Å². The highest BCUT2D eigenvalue weighted by molar-refractivity contribution is 8.01. The number of carbonyl (C=O) groups excluding carboxylic acids is 2. The summed E-state index contributed by atoms with van der Waals surface area (Å²) >= 11 is 1.39. The van der Waals surface area contributed by atoms with E-state index in [1.54, 1.807) is 0 Å². The molecule has 2 amide bonds. The third-order valence-corrected chi connectivity index (χ3v) is 6.33. The second-order valence-corrected chi connectivity index (χ2v) is 8.92. The molecular weight excluding hydrogens is 382 g/mol. The number of thioether (sulfide) groups is 1. The molecule has 0 spiro atoms. The molecule has 0 aliphatic carbocycles. The van der Waals surface area contributed by atoms with Crippen LogP contribution in [-0.2, 0) is 9.59 Å². The summed E-state index contributed by atoms with van der Waals surface area (Å²) in [6.45, 7) is 6.29. The number of amides is 2. The first-order valence-corrected chi connectivity index (χ1v) is 11.0. The average Bonchev–Trinajstić information content (AvgIpc) is 2.73. The zero-order chi connectivity index (χ0) is 20.8. The number of nitrogens with one attached hydrogen (secondary N) is 1. The molecule has 1 aliphatic heterocycles. The summed E-state index contributed by atoms with van der Waals surface area (Å²) in [5, 5.41) is 2.62. The summed E-state index contributed by atoms with van der Waals surface area (Å²) in [7, 11) is 2.09. The number of likely N-dealkylation sites (N-methyl/N-ethyl adjacent to an activating group) is 1. The number of benzene rings is 2. The number of anilines is 1. The van der Waals surface area contributed by atoms with Crippen LogP contribution in [0.25, 0.3) is 0 Å². The monoisotopic (exact) mass is 411 g/mol.